The van der Waals surface area contributed by atoms with Gasteiger partial charge in [-0.05, 0) is 23.3 Å². The van der Waals surface area contributed by atoms with Crippen molar-refractivity contribution in [2.24, 2.45) is 16.5 Å². The number of thiazole rings is 1. The molecule has 0 unspecified atom stereocenters. The lowest BCUT2D eigenvalue weighted by Crippen LogP contribution is -2.21. The topological polar surface area (TPSA) is 123 Å². The summed E-state index contributed by atoms with van der Waals surface area (Å²) in [6.07, 6.45) is 1.24. The van der Waals surface area contributed by atoms with Crippen molar-refractivity contribution in [2.75, 3.05) is 5.75 Å². The Kier molecular flexibility index (Phi) is 6.87. The van der Waals surface area contributed by atoms with Crippen molar-refractivity contribution in [1.29, 1.82) is 0 Å². The van der Waals surface area contributed by atoms with Crippen LogP contribution in [0.2, 0.25) is 0 Å². The molecule has 0 spiro atoms. The lowest BCUT2D eigenvalue weighted by Gasteiger charge is -2.10. The monoisotopic (exact) mass is 464 g/mol. The molecule has 4 rings (SSSR count). The third kappa shape index (κ3) is 5.35. The molecule has 2 aromatic heterocycles. The standard InChI is InChI=1S/C23H24N6OS2/c1-14-19(11-16-7-4-6-15-5-2-3-8-18(15)16)21(30)28-20(26-14)9-10-31-12-17-13-32-23(27-17)29-22(24)25/h2-8,13H,9-12H2,1H3,(H,26,28,30)(H4,24,25,27,29). The summed E-state index contributed by atoms with van der Waals surface area (Å²) in [4.78, 5) is 28.7. The van der Waals surface area contributed by atoms with Gasteiger partial charge in [-0.3, -0.25) is 4.79 Å². The van der Waals surface area contributed by atoms with Gasteiger partial charge >= 0.3 is 0 Å². The van der Waals surface area contributed by atoms with Crippen LogP contribution in [0.4, 0.5) is 5.13 Å². The van der Waals surface area contributed by atoms with E-state index in [2.05, 4.69) is 44.2 Å². The van der Waals surface area contributed by atoms with Gasteiger partial charge in [-0.1, -0.05) is 42.5 Å². The van der Waals surface area contributed by atoms with E-state index in [4.69, 9.17) is 11.5 Å². The van der Waals surface area contributed by atoms with Crippen molar-refractivity contribution in [3.8, 4) is 0 Å². The fraction of sp³-hybridized carbons (Fsp3) is 0.217. The van der Waals surface area contributed by atoms with Gasteiger partial charge in [0.1, 0.15) is 5.82 Å². The predicted molar refractivity (Wildman–Crippen MR) is 134 cm³/mol. The first-order valence-electron chi connectivity index (χ1n) is 10.2. The van der Waals surface area contributed by atoms with Crippen molar-refractivity contribution in [3.05, 3.63) is 86.5 Å². The van der Waals surface area contributed by atoms with Gasteiger partial charge < -0.3 is 16.5 Å². The number of nitrogens with two attached hydrogens (primary N) is 2. The number of hydrogen-bond donors (Lipinski definition) is 3. The van der Waals surface area contributed by atoms with Crippen LogP contribution in [-0.4, -0.2) is 26.7 Å². The van der Waals surface area contributed by atoms with Crippen LogP contribution in [0, 0.1) is 6.92 Å². The Labute approximate surface area is 194 Å². The van der Waals surface area contributed by atoms with Crippen molar-refractivity contribution in [1.82, 2.24) is 15.0 Å². The zero-order chi connectivity index (χ0) is 22.5. The highest BCUT2D eigenvalue weighted by Crippen LogP contribution is 2.23. The SMILES string of the molecule is Cc1[nH]c(CCSCc2csc(N=C(N)N)n2)nc(=O)c1Cc1cccc2ccccc12. The molecule has 0 aliphatic carbocycles. The number of rotatable bonds is 8. The largest absolute Gasteiger partial charge is 0.370 e. The number of aliphatic imine (C=N–C) groups is 1. The third-order valence-corrected chi connectivity index (χ3v) is 6.80. The summed E-state index contributed by atoms with van der Waals surface area (Å²) in [7, 11) is 0. The maximum atomic E-state index is 12.8. The van der Waals surface area contributed by atoms with Crippen molar-refractivity contribution >= 4 is 45.0 Å². The quantitative estimate of drug-likeness (QED) is 0.208. The molecular formula is C23H24N6OS2. The summed E-state index contributed by atoms with van der Waals surface area (Å²) in [5.41, 5.74) is 14.2. The van der Waals surface area contributed by atoms with E-state index in [0.29, 0.717) is 29.4 Å². The van der Waals surface area contributed by atoms with Crippen LogP contribution in [-0.2, 0) is 18.6 Å². The van der Waals surface area contributed by atoms with Gasteiger partial charge in [0.15, 0.2) is 5.96 Å². The Bertz CT molecular complexity index is 1320. The second kappa shape index (κ2) is 9.97. The summed E-state index contributed by atoms with van der Waals surface area (Å²) >= 11 is 3.13. The Morgan fingerprint density at radius 1 is 1.16 bits per heavy atom. The fourth-order valence-corrected chi connectivity index (χ4v) is 5.15. The minimum atomic E-state index is -0.157. The van der Waals surface area contributed by atoms with Crippen molar-refractivity contribution in [3.63, 3.8) is 0 Å². The highest BCUT2D eigenvalue weighted by Gasteiger charge is 2.11. The first-order valence-corrected chi connectivity index (χ1v) is 12.2. The average Bonchev–Trinajstić information content (AvgIpc) is 3.20. The van der Waals surface area contributed by atoms with Crippen molar-refractivity contribution < 1.29 is 0 Å². The minimum Gasteiger partial charge on any atom is -0.370 e. The number of hydrogen-bond acceptors (Lipinski definition) is 6. The molecule has 0 bridgehead atoms. The molecule has 0 aliphatic rings. The van der Waals surface area contributed by atoms with Crippen LogP contribution < -0.4 is 17.0 Å². The van der Waals surface area contributed by atoms with E-state index < -0.39 is 0 Å². The number of aromatic amines is 1. The number of aromatic nitrogens is 3. The molecule has 5 N–H and O–H groups in total. The van der Waals surface area contributed by atoms with Gasteiger partial charge in [0.25, 0.3) is 5.56 Å². The van der Waals surface area contributed by atoms with Crippen LogP contribution in [0.15, 0.2) is 57.6 Å². The number of guanidine groups is 1. The van der Waals surface area contributed by atoms with Crippen LogP contribution in [0.5, 0.6) is 0 Å². The number of nitrogens with zero attached hydrogens (tertiary/aromatic N) is 3. The molecule has 0 saturated heterocycles. The lowest BCUT2D eigenvalue weighted by atomic mass is 9.98. The maximum Gasteiger partial charge on any atom is 0.276 e. The van der Waals surface area contributed by atoms with E-state index in [1.165, 1.54) is 22.1 Å². The molecule has 0 amide bonds. The van der Waals surface area contributed by atoms with E-state index in [9.17, 15) is 4.79 Å². The first-order chi connectivity index (χ1) is 15.5. The molecule has 0 saturated carbocycles. The maximum absolute atomic E-state index is 12.8. The van der Waals surface area contributed by atoms with Crippen molar-refractivity contribution in [2.45, 2.75) is 25.5 Å². The summed E-state index contributed by atoms with van der Waals surface area (Å²) in [5.74, 6) is 2.29. The summed E-state index contributed by atoms with van der Waals surface area (Å²) in [6.45, 7) is 1.95. The Morgan fingerprint density at radius 2 is 1.97 bits per heavy atom. The molecule has 0 aliphatic heterocycles. The highest BCUT2D eigenvalue weighted by atomic mass is 32.2. The number of aryl methyl sites for hydroxylation is 2. The Balaban J connectivity index is 1.39. The molecule has 164 valence electrons. The minimum absolute atomic E-state index is 0.00727. The number of benzene rings is 2. The van der Waals surface area contributed by atoms with Gasteiger partial charge in [0.2, 0.25) is 5.13 Å². The zero-order valence-corrected chi connectivity index (χ0v) is 19.3. The molecule has 0 radical (unpaired) electrons. The van der Waals surface area contributed by atoms with Crippen LogP contribution in [0.25, 0.3) is 10.8 Å². The fourth-order valence-electron chi connectivity index (χ4n) is 3.50. The number of fused-ring (bicyclic) bond motifs is 1. The zero-order valence-electron chi connectivity index (χ0n) is 17.7. The van der Waals surface area contributed by atoms with E-state index in [1.807, 2.05) is 30.5 Å². The molecule has 2 aromatic carbocycles. The van der Waals surface area contributed by atoms with Gasteiger partial charge in [-0.15, -0.1) is 11.3 Å². The molecular weight excluding hydrogens is 440 g/mol. The normalized spacial score (nSPS) is 11.0. The summed E-state index contributed by atoms with van der Waals surface area (Å²) < 4.78 is 0. The molecule has 32 heavy (non-hydrogen) atoms. The second-order valence-electron chi connectivity index (χ2n) is 7.37. The Hall–Kier alpha value is -3.17. The van der Waals surface area contributed by atoms with E-state index in [1.54, 1.807) is 11.8 Å². The van der Waals surface area contributed by atoms with Gasteiger partial charge in [-0.25, -0.2) is 4.98 Å². The smallest absolute Gasteiger partial charge is 0.276 e. The predicted octanol–water partition coefficient (Wildman–Crippen LogP) is 3.66. The molecule has 9 heteroatoms. The van der Waals surface area contributed by atoms with Crippen LogP contribution in [0.1, 0.15) is 28.3 Å². The van der Waals surface area contributed by atoms with E-state index in [0.717, 1.165) is 28.5 Å². The van der Waals surface area contributed by atoms with Gasteiger partial charge in [0, 0.05) is 41.0 Å². The first kappa shape index (κ1) is 22.0. The average molecular weight is 465 g/mol. The second-order valence-corrected chi connectivity index (χ2v) is 9.31. The third-order valence-electron chi connectivity index (χ3n) is 5.02. The van der Waals surface area contributed by atoms with Crippen LogP contribution >= 0.6 is 23.1 Å². The number of thioether (sulfide) groups is 1. The molecule has 7 nitrogen and oxygen atoms in total. The van der Waals surface area contributed by atoms with Gasteiger partial charge in [0.05, 0.1) is 5.69 Å². The molecule has 0 atom stereocenters. The molecule has 2 heterocycles. The molecule has 4 aromatic rings. The number of nitrogens with one attached hydrogen (secondary N) is 1. The van der Waals surface area contributed by atoms with Gasteiger partial charge in [-0.2, -0.15) is 21.7 Å². The van der Waals surface area contributed by atoms with E-state index >= 15 is 0 Å². The Morgan fingerprint density at radius 3 is 2.78 bits per heavy atom. The summed E-state index contributed by atoms with van der Waals surface area (Å²) in [5, 5.41) is 4.84. The summed E-state index contributed by atoms with van der Waals surface area (Å²) in [6, 6.07) is 14.4. The van der Waals surface area contributed by atoms with E-state index in [-0.39, 0.29) is 11.5 Å². The van der Waals surface area contributed by atoms with Crippen LogP contribution in [0.3, 0.4) is 0 Å². The number of H-pyrrole nitrogens is 1. The highest BCUT2D eigenvalue weighted by molar-refractivity contribution is 7.98. The molecule has 0 fully saturated rings. The lowest BCUT2D eigenvalue weighted by molar-refractivity contribution is 0.875.